The lowest BCUT2D eigenvalue weighted by Gasteiger charge is -2.05. The summed E-state index contributed by atoms with van der Waals surface area (Å²) in [4.78, 5) is 30.8. The summed E-state index contributed by atoms with van der Waals surface area (Å²) >= 11 is 7.62. The zero-order valence-corrected chi connectivity index (χ0v) is 21.7. The Kier molecular flexibility index (Phi) is 6.36. The van der Waals surface area contributed by atoms with Gasteiger partial charge in [-0.2, -0.15) is 10.2 Å². The predicted molar refractivity (Wildman–Crippen MR) is 144 cm³/mol. The maximum Gasteiger partial charge on any atom is 0.271 e. The van der Waals surface area contributed by atoms with Crippen LogP contribution in [-0.4, -0.2) is 45.7 Å². The van der Waals surface area contributed by atoms with Crippen LogP contribution in [0.2, 0.25) is 5.02 Å². The first-order chi connectivity index (χ1) is 18.5. The fraction of sp³-hybridized carbons (Fsp3) is 0.115. The summed E-state index contributed by atoms with van der Waals surface area (Å²) in [5.74, 6) is 0.380. The van der Waals surface area contributed by atoms with E-state index in [4.69, 9.17) is 21.7 Å². The van der Waals surface area contributed by atoms with Crippen LogP contribution in [0.1, 0.15) is 33.0 Å². The first-order valence-electron chi connectivity index (χ1n) is 11.7. The SMILES string of the molecule is Cc1nn2ccc(CNC(=O)c3cnccn3)cc2c1-c1nc(Cc2ccc(Cl)cc2)c(-c2ncn[nH]2)s1. The molecule has 12 heteroatoms. The first kappa shape index (κ1) is 23.9. The van der Waals surface area contributed by atoms with E-state index < -0.39 is 0 Å². The van der Waals surface area contributed by atoms with Crippen LogP contribution in [-0.2, 0) is 13.0 Å². The number of aryl methyl sites for hydroxylation is 1. The van der Waals surface area contributed by atoms with E-state index in [2.05, 4.69) is 30.5 Å². The number of H-pyrrole nitrogens is 1. The summed E-state index contributed by atoms with van der Waals surface area (Å²) in [6, 6.07) is 11.7. The van der Waals surface area contributed by atoms with Gasteiger partial charge in [0.15, 0.2) is 5.82 Å². The van der Waals surface area contributed by atoms with Crippen LogP contribution in [0.15, 0.2) is 67.5 Å². The summed E-state index contributed by atoms with van der Waals surface area (Å²) in [5, 5.41) is 16.1. The van der Waals surface area contributed by atoms with Crippen LogP contribution in [0.3, 0.4) is 0 Å². The topological polar surface area (TPSA) is 127 Å². The smallest absolute Gasteiger partial charge is 0.271 e. The van der Waals surface area contributed by atoms with E-state index in [1.807, 2.05) is 54.0 Å². The normalized spacial score (nSPS) is 11.2. The van der Waals surface area contributed by atoms with E-state index in [1.165, 1.54) is 36.3 Å². The lowest BCUT2D eigenvalue weighted by Crippen LogP contribution is -2.23. The van der Waals surface area contributed by atoms with Gasteiger partial charge < -0.3 is 5.32 Å². The molecule has 0 bridgehead atoms. The molecule has 0 spiro atoms. The molecular weight excluding hydrogens is 522 g/mol. The predicted octanol–water partition coefficient (Wildman–Crippen LogP) is 4.52. The van der Waals surface area contributed by atoms with Crippen molar-refractivity contribution in [1.29, 1.82) is 0 Å². The third kappa shape index (κ3) is 4.76. The molecule has 5 aromatic heterocycles. The van der Waals surface area contributed by atoms with Crippen LogP contribution in [0.5, 0.6) is 0 Å². The fourth-order valence-corrected chi connectivity index (χ4v) is 5.41. The molecule has 6 aromatic rings. The number of carbonyl (C=O) groups excluding carboxylic acids is 1. The van der Waals surface area contributed by atoms with Gasteiger partial charge in [-0.3, -0.25) is 14.9 Å². The maximum atomic E-state index is 12.4. The number of carbonyl (C=O) groups is 1. The van der Waals surface area contributed by atoms with E-state index in [0.717, 1.165) is 43.5 Å². The molecule has 0 atom stereocenters. The van der Waals surface area contributed by atoms with Crippen molar-refractivity contribution in [3.63, 3.8) is 0 Å². The van der Waals surface area contributed by atoms with Crippen LogP contribution in [0.25, 0.3) is 26.8 Å². The molecular formula is C26H20ClN9OS. The molecule has 6 rings (SSSR count). The summed E-state index contributed by atoms with van der Waals surface area (Å²) < 4.78 is 1.83. The number of nitrogens with one attached hydrogen (secondary N) is 2. The Morgan fingerprint density at radius 3 is 2.76 bits per heavy atom. The standard InChI is InChI=1S/C26H20ClN9OS/c1-15-22(21-11-17(6-9-36(21)35-15)12-30-25(37)20-13-28-7-8-29-20)26-33-19(10-16-2-4-18(27)5-3-16)23(38-26)24-31-14-32-34-24/h2-9,11,13-14H,10,12H2,1H3,(H,30,37)(H,31,32,34). The fourth-order valence-electron chi connectivity index (χ4n) is 4.14. The molecule has 38 heavy (non-hydrogen) atoms. The van der Waals surface area contributed by atoms with E-state index in [-0.39, 0.29) is 11.6 Å². The number of nitrogens with zero attached hydrogens (tertiary/aromatic N) is 7. The molecule has 0 radical (unpaired) electrons. The van der Waals surface area contributed by atoms with Crippen LogP contribution < -0.4 is 5.32 Å². The van der Waals surface area contributed by atoms with Crippen LogP contribution in [0, 0.1) is 6.92 Å². The van der Waals surface area contributed by atoms with E-state index in [0.29, 0.717) is 23.8 Å². The molecule has 188 valence electrons. The Labute approximate surface area is 225 Å². The van der Waals surface area contributed by atoms with Gasteiger partial charge in [-0.25, -0.2) is 19.5 Å². The zero-order chi connectivity index (χ0) is 26.1. The zero-order valence-electron chi connectivity index (χ0n) is 20.1. The number of pyridine rings is 1. The van der Waals surface area contributed by atoms with Crippen LogP contribution in [0.4, 0.5) is 0 Å². The van der Waals surface area contributed by atoms with Gasteiger partial charge in [-0.15, -0.1) is 11.3 Å². The molecule has 1 amide bonds. The highest BCUT2D eigenvalue weighted by Crippen LogP contribution is 2.38. The lowest BCUT2D eigenvalue weighted by atomic mass is 10.1. The average molecular weight is 542 g/mol. The number of thiazole rings is 1. The van der Waals surface area contributed by atoms with Gasteiger partial charge in [-0.05, 0) is 42.3 Å². The van der Waals surface area contributed by atoms with Crippen LogP contribution >= 0.6 is 22.9 Å². The second-order valence-electron chi connectivity index (χ2n) is 8.53. The third-order valence-electron chi connectivity index (χ3n) is 5.95. The number of amides is 1. The van der Waals surface area contributed by atoms with Crippen molar-refractivity contribution in [3.05, 3.63) is 101 Å². The van der Waals surface area contributed by atoms with Crippen molar-refractivity contribution in [2.24, 2.45) is 0 Å². The molecule has 2 N–H and O–H groups in total. The Bertz CT molecular complexity index is 1730. The number of benzene rings is 1. The highest BCUT2D eigenvalue weighted by atomic mass is 35.5. The summed E-state index contributed by atoms with van der Waals surface area (Å²) in [7, 11) is 0. The number of rotatable bonds is 7. The number of fused-ring (bicyclic) bond motifs is 1. The van der Waals surface area contributed by atoms with Crippen molar-refractivity contribution >= 4 is 34.4 Å². The number of aromatic amines is 1. The minimum absolute atomic E-state index is 0.269. The molecule has 0 aliphatic rings. The summed E-state index contributed by atoms with van der Waals surface area (Å²) in [5.41, 5.74) is 5.83. The Balaban J connectivity index is 1.35. The molecule has 1 aromatic carbocycles. The van der Waals surface area contributed by atoms with E-state index >= 15 is 0 Å². The van der Waals surface area contributed by atoms with Gasteiger partial charge >= 0.3 is 0 Å². The van der Waals surface area contributed by atoms with E-state index in [1.54, 1.807) is 0 Å². The third-order valence-corrected chi connectivity index (χ3v) is 7.32. The Morgan fingerprint density at radius 2 is 2.00 bits per heavy atom. The van der Waals surface area contributed by atoms with Gasteiger partial charge in [0.05, 0.1) is 33.5 Å². The van der Waals surface area contributed by atoms with Crippen molar-refractivity contribution in [2.45, 2.75) is 19.9 Å². The van der Waals surface area contributed by atoms with Gasteiger partial charge in [0.2, 0.25) is 0 Å². The number of aromatic nitrogens is 8. The molecule has 0 saturated carbocycles. The number of halogens is 1. The second kappa shape index (κ2) is 10.1. The molecule has 0 aliphatic heterocycles. The second-order valence-corrected chi connectivity index (χ2v) is 9.97. The van der Waals surface area contributed by atoms with Gasteiger partial charge in [0, 0.05) is 36.6 Å². The van der Waals surface area contributed by atoms with Crippen molar-refractivity contribution in [1.82, 2.24) is 45.1 Å². The highest BCUT2D eigenvalue weighted by molar-refractivity contribution is 7.18. The minimum Gasteiger partial charge on any atom is -0.347 e. The van der Waals surface area contributed by atoms with Gasteiger partial charge in [0.1, 0.15) is 17.0 Å². The summed E-state index contributed by atoms with van der Waals surface area (Å²) in [6.07, 6.45) is 8.44. The van der Waals surface area contributed by atoms with Gasteiger partial charge in [0.25, 0.3) is 5.91 Å². The molecule has 0 aliphatic carbocycles. The number of hydrogen-bond donors (Lipinski definition) is 2. The molecule has 10 nitrogen and oxygen atoms in total. The molecule has 5 heterocycles. The molecule has 0 unspecified atom stereocenters. The van der Waals surface area contributed by atoms with E-state index in [9.17, 15) is 4.79 Å². The maximum absolute atomic E-state index is 12.4. The number of hydrogen-bond acceptors (Lipinski definition) is 8. The molecule has 0 saturated heterocycles. The minimum atomic E-state index is -0.286. The first-order valence-corrected chi connectivity index (χ1v) is 12.9. The van der Waals surface area contributed by atoms with Crippen molar-refractivity contribution in [3.8, 4) is 21.3 Å². The quantitative estimate of drug-likeness (QED) is 0.304. The monoisotopic (exact) mass is 541 g/mol. The van der Waals surface area contributed by atoms with Crippen molar-refractivity contribution in [2.75, 3.05) is 0 Å². The molecule has 0 fully saturated rings. The lowest BCUT2D eigenvalue weighted by molar-refractivity contribution is 0.0945. The average Bonchev–Trinajstić information content (AvgIpc) is 3.67. The Morgan fingerprint density at radius 1 is 1.13 bits per heavy atom. The Hall–Kier alpha value is -4.48. The summed E-state index contributed by atoms with van der Waals surface area (Å²) in [6.45, 7) is 2.30. The van der Waals surface area contributed by atoms with Crippen molar-refractivity contribution < 1.29 is 4.79 Å². The largest absolute Gasteiger partial charge is 0.347 e. The van der Waals surface area contributed by atoms with Gasteiger partial charge in [-0.1, -0.05) is 23.7 Å². The highest BCUT2D eigenvalue weighted by Gasteiger charge is 2.21.